The SMILES string of the molecule is Cc1ccc(C)c(S(=O)(=O)NCCc2csc(-c3ccc(Cl)cc3)n2)c1. The fraction of sp³-hybridized carbons (Fsp3) is 0.211. The molecule has 0 aliphatic heterocycles. The molecule has 0 aliphatic carbocycles. The van der Waals surface area contributed by atoms with Gasteiger partial charge in [-0.2, -0.15) is 0 Å². The van der Waals surface area contributed by atoms with Crippen LogP contribution in [0.3, 0.4) is 0 Å². The molecule has 136 valence electrons. The highest BCUT2D eigenvalue weighted by molar-refractivity contribution is 7.89. The van der Waals surface area contributed by atoms with Crippen molar-refractivity contribution in [2.24, 2.45) is 0 Å². The first-order valence-electron chi connectivity index (χ1n) is 8.12. The van der Waals surface area contributed by atoms with E-state index in [0.717, 1.165) is 27.4 Å². The average molecular weight is 407 g/mol. The maximum atomic E-state index is 12.5. The number of aromatic nitrogens is 1. The van der Waals surface area contributed by atoms with E-state index in [1.165, 1.54) is 11.3 Å². The number of nitrogens with zero attached hydrogens (tertiary/aromatic N) is 1. The van der Waals surface area contributed by atoms with Crippen molar-refractivity contribution in [3.63, 3.8) is 0 Å². The van der Waals surface area contributed by atoms with Gasteiger partial charge in [0.15, 0.2) is 0 Å². The van der Waals surface area contributed by atoms with E-state index in [1.54, 1.807) is 13.0 Å². The Morgan fingerprint density at radius 1 is 1.12 bits per heavy atom. The van der Waals surface area contributed by atoms with Gasteiger partial charge in [-0.1, -0.05) is 35.9 Å². The highest BCUT2D eigenvalue weighted by Gasteiger charge is 2.16. The summed E-state index contributed by atoms with van der Waals surface area (Å²) in [6.07, 6.45) is 0.536. The van der Waals surface area contributed by atoms with Gasteiger partial charge >= 0.3 is 0 Å². The minimum absolute atomic E-state index is 0.305. The minimum atomic E-state index is -3.52. The number of benzene rings is 2. The van der Waals surface area contributed by atoms with Crippen LogP contribution in [0.15, 0.2) is 52.7 Å². The number of sulfonamides is 1. The Balaban J connectivity index is 1.65. The molecule has 0 saturated heterocycles. The highest BCUT2D eigenvalue weighted by atomic mass is 35.5. The van der Waals surface area contributed by atoms with E-state index < -0.39 is 10.0 Å². The molecule has 0 radical (unpaired) electrons. The summed E-state index contributed by atoms with van der Waals surface area (Å²) >= 11 is 7.44. The summed E-state index contributed by atoms with van der Waals surface area (Å²) in [7, 11) is -3.52. The third-order valence-electron chi connectivity index (χ3n) is 3.95. The lowest BCUT2D eigenvalue weighted by molar-refractivity contribution is 0.580. The number of thiazole rings is 1. The van der Waals surface area contributed by atoms with E-state index in [-0.39, 0.29) is 0 Å². The molecule has 3 aromatic rings. The van der Waals surface area contributed by atoms with Crippen molar-refractivity contribution < 1.29 is 8.42 Å². The first-order valence-corrected chi connectivity index (χ1v) is 10.9. The lowest BCUT2D eigenvalue weighted by Crippen LogP contribution is -2.26. The van der Waals surface area contributed by atoms with Crippen LogP contribution in [0.25, 0.3) is 10.6 Å². The van der Waals surface area contributed by atoms with E-state index in [9.17, 15) is 8.42 Å². The molecule has 3 rings (SSSR count). The predicted molar refractivity (Wildman–Crippen MR) is 107 cm³/mol. The van der Waals surface area contributed by atoms with Gasteiger partial charge in [0.2, 0.25) is 10.0 Å². The Morgan fingerprint density at radius 3 is 2.58 bits per heavy atom. The van der Waals surface area contributed by atoms with E-state index in [2.05, 4.69) is 9.71 Å². The van der Waals surface area contributed by atoms with Crippen molar-refractivity contribution in [1.82, 2.24) is 9.71 Å². The van der Waals surface area contributed by atoms with Crippen LogP contribution in [0.4, 0.5) is 0 Å². The molecule has 1 heterocycles. The maximum Gasteiger partial charge on any atom is 0.240 e. The van der Waals surface area contributed by atoms with Crippen molar-refractivity contribution in [2.45, 2.75) is 25.2 Å². The Bertz CT molecular complexity index is 1010. The van der Waals surface area contributed by atoms with Crippen molar-refractivity contribution in [3.05, 3.63) is 69.7 Å². The molecule has 1 N–H and O–H groups in total. The minimum Gasteiger partial charge on any atom is -0.241 e. The Hall–Kier alpha value is -1.73. The second-order valence-corrected chi connectivity index (χ2v) is 9.10. The molecule has 0 bridgehead atoms. The summed E-state index contributed by atoms with van der Waals surface area (Å²) in [5.74, 6) is 0. The van der Waals surface area contributed by atoms with E-state index in [0.29, 0.717) is 22.9 Å². The maximum absolute atomic E-state index is 12.5. The number of hydrogen-bond donors (Lipinski definition) is 1. The Kier molecular flexibility index (Phi) is 5.77. The largest absolute Gasteiger partial charge is 0.241 e. The number of aryl methyl sites for hydroxylation is 2. The van der Waals surface area contributed by atoms with E-state index in [4.69, 9.17) is 11.6 Å². The van der Waals surface area contributed by atoms with Crippen LogP contribution in [-0.4, -0.2) is 19.9 Å². The van der Waals surface area contributed by atoms with Gasteiger partial charge in [0, 0.05) is 28.9 Å². The molecule has 0 fully saturated rings. The molecule has 0 spiro atoms. The predicted octanol–water partition coefficient (Wildman–Crippen LogP) is 4.60. The summed E-state index contributed by atoms with van der Waals surface area (Å²) in [4.78, 5) is 4.91. The van der Waals surface area contributed by atoms with E-state index >= 15 is 0 Å². The molecular formula is C19H19ClN2O2S2. The lowest BCUT2D eigenvalue weighted by atomic mass is 10.2. The second kappa shape index (κ2) is 7.88. The zero-order chi connectivity index (χ0) is 18.7. The molecule has 2 aromatic carbocycles. The van der Waals surface area contributed by atoms with Crippen LogP contribution >= 0.6 is 22.9 Å². The van der Waals surface area contributed by atoms with Crippen LogP contribution in [0.1, 0.15) is 16.8 Å². The van der Waals surface area contributed by atoms with Crippen LogP contribution in [0.2, 0.25) is 5.02 Å². The van der Waals surface area contributed by atoms with Gasteiger partial charge in [-0.3, -0.25) is 0 Å². The molecule has 0 amide bonds. The summed E-state index contributed by atoms with van der Waals surface area (Å²) in [6, 6.07) is 12.9. The summed E-state index contributed by atoms with van der Waals surface area (Å²) in [6.45, 7) is 3.98. The zero-order valence-electron chi connectivity index (χ0n) is 14.5. The van der Waals surface area contributed by atoms with Gasteiger partial charge in [0.1, 0.15) is 5.01 Å². The first-order chi connectivity index (χ1) is 12.3. The van der Waals surface area contributed by atoms with Crippen molar-refractivity contribution in [3.8, 4) is 10.6 Å². The molecule has 0 aliphatic rings. The van der Waals surface area contributed by atoms with Gasteiger partial charge in [-0.25, -0.2) is 18.1 Å². The lowest BCUT2D eigenvalue weighted by Gasteiger charge is -2.09. The standard InChI is InChI=1S/C19H19ClN2O2S2/c1-13-3-4-14(2)18(11-13)26(23,24)21-10-9-17-12-25-19(22-17)15-5-7-16(20)8-6-15/h3-8,11-12,21H,9-10H2,1-2H3. The second-order valence-electron chi connectivity index (χ2n) is 6.07. The molecular weight excluding hydrogens is 388 g/mol. The van der Waals surface area contributed by atoms with Crippen LogP contribution in [-0.2, 0) is 16.4 Å². The van der Waals surface area contributed by atoms with Gasteiger partial charge in [-0.05, 0) is 43.2 Å². The van der Waals surface area contributed by atoms with Crippen LogP contribution in [0.5, 0.6) is 0 Å². The molecule has 0 atom stereocenters. The monoisotopic (exact) mass is 406 g/mol. The Morgan fingerprint density at radius 2 is 1.85 bits per heavy atom. The number of rotatable bonds is 6. The number of nitrogens with one attached hydrogen (secondary N) is 1. The smallest absolute Gasteiger partial charge is 0.240 e. The van der Waals surface area contributed by atoms with Gasteiger partial charge in [0.25, 0.3) is 0 Å². The third kappa shape index (κ3) is 4.51. The normalized spacial score (nSPS) is 11.7. The molecule has 26 heavy (non-hydrogen) atoms. The molecule has 7 heteroatoms. The fourth-order valence-electron chi connectivity index (χ4n) is 2.53. The topological polar surface area (TPSA) is 59.1 Å². The molecule has 4 nitrogen and oxygen atoms in total. The third-order valence-corrected chi connectivity index (χ3v) is 6.74. The highest BCUT2D eigenvalue weighted by Crippen LogP contribution is 2.25. The van der Waals surface area contributed by atoms with Crippen molar-refractivity contribution >= 4 is 33.0 Å². The van der Waals surface area contributed by atoms with Crippen LogP contribution in [0, 0.1) is 13.8 Å². The average Bonchev–Trinajstić information content (AvgIpc) is 3.06. The van der Waals surface area contributed by atoms with Gasteiger partial charge < -0.3 is 0 Å². The summed E-state index contributed by atoms with van der Waals surface area (Å²) < 4.78 is 27.7. The van der Waals surface area contributed by atoms with Crippen molar-refractivity contribution in [1.29, 1.82) is 0 Å². The summed E-state index contributed by atoms with van der Waals surface area (Å²) in [5.41, 5.74) is 3.52. The quantitative estimate of drug-likeness (QED) is 0.650. The zero-order valence-corrected chi connectivity index (χ0v) is 16.9. The fourth-order valence-corrected chi connectivity index (χ4v) is 4.88. The van der Waals surface area contributed by atoms with E-state index in [1.807, 2.05) is 48.7 Å². The Labute approximate surface area is 162 Å². The molecule has 1 aromatic heterocycles. The number of hydrogen-bond acceptors (Lipinski definition) is 4. The molecule has 0 unspecified atom stereocenters. The molecule has 0 saturated carbocycles. The van der Waals surface area contributed by atoms with Gasteiger partial charge in [0.05, 0.1) is 10.6 Å². The van der Waals surface area contributed by atoms with Crippen molar-refractivity contribution in [2.75, 3.05) is 6.54 Å². The summed E-state index contributed by atoms with van der Waals surface area (Å²) in [5, 5.41) is 3.54. The van der Waals surface area contributed by atoms with Gasteiger partial charge in [-0.15, -0.1) is 11.3 Å². The van der Waals surface area contributed by atoms with Crippen LogP contribution < -0.4 is 4.72 Å². The first kappa shape index (κ1) is 19.0. The number of halogens is 1.